The van der Waals surface area contributed by atoms with Crippen molar-refractivity contribution in [1.29, 1.82) is 5.26 Å². The molecule has 0 unspecified atom stereocenters. The Bertz CT molecular complexity index is 614. The van der Waals surface area contributed by atoms with Gasteiger partial charge in [-0.3, -0.25) is 4.79 Å². The molecule has 0 atom stereocenters. The molecule has 0 saturated carbocycles. The normalized spacial score (nSPS) is 9.56. The predicted octanol–water partition coefficient (Wildman–Crippen LogP) is 2.21. The second kappa shape index (κ2) is 5.06. The van der Waals surface area contributed by atoms with Crippen molar-refractivity contribution >= 4 is 17.9 Å². The minimum atomic E-state index is 0.419. The molecule has 0 spiro atoms. The van der Waals surface area contributed by atoms with E-state index in [2.05, 4.69) is 15.3 Å². The Kier molecular flexibility index (Phi) is 3.30. The van der Waals surface area contributed by atoms with Crippen LogP contribution < -0.4 is 5.32 Å². The molecule has 0 aliphatic rings. The van der Waals surface area contributed by atoms with Crippen molar-refractivity contribution in [3.05, 3.63) is 47.3 Å². The Hall–Kier alpha value is -2.74. The maximum Gasteiger partial charge on any atom is 0.227 e. The van der Waals surface area contributed by atoms with Gasteiger partial charge in [0.25, 0.3) is 0 Å². The third-order valence-electron chi connectivity index (χ3n) is 2.41. The van der Waals surface area contributed by atoms with Gasteiger partial charge < -0.3 is 5.32 Å². The van der Waals surface area contributed by atoms with Crippen LogP contribution in [-0.4, -0.2) is 16.3 Å². The summed E-state index contributed by atoms with van der Waals surface area (Å²) >= 11 is 0. The van der Waals surface area contributed by atoms with Gasteiger partial charge in [0, 0.05) is 11.9 Å². The zero-order valence-corrected chi connectivity index (χ0v) is 9.71. The van der Waals surface area contributed by atoms with Crippen molar-refractivity contribution in [2.45, 2.75) is 6.92 Å². The monoisotopic (exact) mass is 238 g/mol. The van der Waals surface area contributed by atoms with Gasteiger partial charge in [0.05, 0.1) is 22.9 Å². The Labute approximate surface area is 104 Å². The number of hydrogen-bond donors (Lipinski definition) is 1. The molecule has 2 rings (SSSR count). The number of nitriles is 1. The minimum Gasteiger partial charge on any atom is -0.324 e. The standard InChI is InChI=1S/C13H10N4O/c1-9-11(8-18)7-15-13(16-9)17-12-4-2-10(6-14)3-5-12/h2-5,7-8H,1H3,(H,15,16,17). The number of carbonyl (C=O) groups is 1. The number of carbonyl (C=O) groups excluding carboxylic acids is 1. The number of nitrogens with zero attached hydrogens (tertiary/aromatic N) is 3. The number of aldehydes is 1. The Morgan fingerprint density at radius 2 is 2.06 bits per heavy atom. The lowest BCUT2D eigenvalue weighted by Gasteiger charge is -2.05. The van der Waals surface area contributed by atoms with E-state index < -0.39 is 0 Å². The smallest absolute Gasteiger partial charge is 0.227 e. The molecule has 0 aliphatic heterocycles. The molecule has 0 saturated heterocycles. The number of benzene rings is 1. The van der Waals surface area contributed by atoms with Crippen LogP contribution in [0, 0.1) is 18.3 Å². The first-order valence-corrected chi connectivity index (χ1v) is 5.29. The summed E-state index contributed by atoms with van der Waals surface area (Å²) in [7, 11) is 0. The van der Waals surface area contributed by atoms with Gasteiger partial charge in [0.1, 0.15) is 0 Å². The first-order chi connectivity index (χ1) is 8.72. The molecule has 1 aromatic heterocycles. The third-order valence-corrected chi connectivity index (χ3v) is 2.41. The van der Waals surface area contributed by atoms with E-state index in [1.54, 1.807) is 31.2 Å². The molecule has 5 nitrogen and oxygen atoms in total. The van der Waals surface area contributed by atoms with Gasteiger partial charge in [-0.05, 0) is 31.2 Å². The molecule has 0 aliphatic carbocycles. The highest BCUT2D eigenvalue weighted by Crippen LogP contribution is 2.14. The van der Waals surface area contributed by atoms with E-state index in [0.29, 0.717) is 22.8 Å². The molecule has 2 aromatic rings. The van der Waals surface area contributed by atoms with E-state index in [9.17, 15) is 4.79 Å². The van der Waals surface area contributed by atoms with Gasteiger partial charge in [-0.2, -0.15) is 5.26 Å². The quantitative estimate of drug-likeness (QED) is 0.829. The van der Waals surface area contributed by atoms with Crippen LogP contribution in [-0.2, 0) is 0 Å². The van der Waals surface area contributed by atoms with Crippen LogP contribution in [0.4, 0.5) is 11.6 Å². The highest BCUT2D eigenvalue weighted by atomic mass is 16.1. The summed E-state index contributed by atoms with van der Waals surface area (Å²) in [5.74, 6) is 0.419. The van der Waals surface area contributed by atoms with E-state index in [-0.39, 0.29) is 0 Å². The summed E-state index contributed by atoms with van der Waals surface area (Å²) in [4.78, 5) is 18.8. The van der Waals surface area contributed by atoms with Gasteiger partial charge in [-0.15, -0.1) is 0 Å². The topological polar surface area (TPSA) is 78.7 Å². The second-order valence-electron chi connectivity index (χ2n) is 3.67. The van der Waals surface area contributed by atoms with Crippen LogP contribution in [0.5, 0.6) is 0 Å². The molecule has 1 heterocycles. The van der Waals surface area contributed by atoms with Crippen LogP contribution in [0.25, 0.3) is 0 Å². The van der Waals surface area contributed by atoms with Crippen molar-refractivity contribution in [3.63, 3.8) is 0 Å². The maximum absolute atomic E-state index is 10.6. The average molecular weight is 238 g/mol. The molecule has 18 heavy (non-hydrogen) atoms. The lowest BCUT2D eigenvalue weighted by molar-refractivity contribution is 0.112. The molecule has 0 bridgehead atoms. The third kappa shape index (κ3) is 2.50. The molecule has 0 fully saturated rings. The van der Waals surface area contributed by atoms with E-state index in [0.717, 1.165) is 12.0 Å². The molecule has 88 valence electrons. The fourth-order valence-electron chi connectivity index (χ4n) is 1.41. The number of hydrogen-bond acceptors (Lipinski definition) is 5. The second-order valence-corrected chi connectivity index (χ2v) is 3.67. The van der Waals surface area contributed by atoms with Crippen LogP contribution in [0.3, 0.4) is 0 Å². The van der Waals surface area contributed by atoms with Crippen molar-refractivity contribution in [2.75, 3.05) is 5.32 Å². The summed E-state index contributed by atoms with van der Waals surface area (Å²) in [6, 6.07) is 8.99. The van der Waals surface area contributed by atoms with Crippen molar-refractivity contribution in [1.82, 2.24) is 9.97 Å². The summed E-state index contributed by atoms with van der Waals surface area (Å²) in [6.07, 6.45) is 2.20. The van der Waals surface area contributed by atoms with Gasteiger partial charge >= 0.3 is 0 Å². The van der Waals surface area contributed by atoms with Gasteiger partial charge in [-0.25, -0.2) is 9.97 Å². The fourth-order valence-corrected chi connectivity index (χ4v) is 1.41. The molecule has 1 N–H and O–H groups in total. The van der Waals surface area contributed by atoms with E-state index in [1.807, 2.05) is 6.07 Å². The first kappa shape index (κ1) is 11.7. The zero-order valence-electron chi connectivity index (χ0n) is 9.71. The van der Waals surface area contributed by atoms with Crippen LogP contribution in [0.1, 0.15) is 21.6 Å². The Balaban J connectivity index is 2.20. The highest BCUT2D eigenvalue weighted by Gasteiger charge is 2.02. The Morgan fingerprint density at radius 1 is 1.33 bits per heavy atom. The molecular formula is C13H10N4O. The van der Waals surface area contributed by atoms with Gasteiger partial charge in [-0.1, -0.05) is 0 Å². The molecule has 0 radical (unpaired) electrons. The molecule has 5 heteroatoms. The van der Waals surface area contributed by atoms with Gasteiger partial charge in [0.2, 0.25) is 5.95 Å². The molecule has 0 amide bonds. The van der Waals surface area contributed by atoms with Crippen molar-refractivity contribution < 1.29 is 4.79 Å². The van der Waals surface area contributed by atoms with Gasteiger partial charge in [0.15, 0.2) is 6.29 Å². The minimum absolute atomic E-state index is 0.419. The maximum atomic E-state index is 10.6. The summed E-state index contributed by atoms with van der Waals surface area (Å²) in [5.41, 5.74) is 2.47. The van der Waals surface area contributed by atoms with Crippen molar-refractivity contribution in [2.24, 2.45) is 0 Å². The highest BCUT2D eigenvalue weighted by molar-refractivity contribution is 5.76. The van der Waals surface area contributed by atoms with E-state index >= 15 is 0 Å². The largest absolute Gasteiger partial charge is 0.324 e. The zero-order chi connectivity index (χ0) is 13.0. The number of aryl methyl sites for hydroxylation is 1. The lowest BCUT2D eigenvalue weighted by atomic mass is 10.2. The van der Waals surface area contributed by atoms with Crippen LogP contribution >= 0.6 is 0 Å². The fraction of sp³-hybridized carbons (Fsp3) is 0.0769. The van der Waals surface area contributed by atoms with Crippen molar-refractivity contribution in [3.8, 4) is 6.07 Å². The number of aromatic nitrogens is 2. The summed E-state index contributed by atoms with van der Waals surface area (Å²) in [6.45, 7) is 1.75. The predicted molar refractivity (Wildman–Crippen MR) is 66.6 cm³/mol. The van der Waals surface area contributed by atoms with Crippen LogP contribution in [0.2, 0.25) is 0 Å². The summed E-state index contributed by atoms with van der Waals surface area (Å²) in [5, 5.41) is 11.7. The first-order valence-electron chi connectivity index (χ1n) is 5.29. The summed E-state index contributed by atoms with van der Waals surface area (Å²) < 4.78 is 0. The lowest BCUT2D eigenvalue weighted by Crippen LogP contribution is -2.01. The Morgan fingerprint density at radius 3 is 2.61 bits per heavy atom. The molecular weight excluding hydrogens is 228 g/mol. The average Bonchev–Trinajstić information content (AvgIpc) is 2.40. The number of rotatable bonds is 3. The van der Waals surface area contributed by atoms with E-state index in [1.165, 1.54) is 6.20 Å². The van der Waals surface area contributed by atoms with E-state index in [4.69, 9.17) is 5.26 Å². The number of nitrogens with one attached hydrogen (secondary N) is 1. The number of anilines is 2. The molecule has 1 aromatic carbocycles. The SMILES string of the molecule is Cc1nc(Nc2ccc(C#N)cc2)ncc1C=O. The van der Waals surface area contributed by atoms with Crippen LogP contribution in [0.15, 0.2) is 30.5 Å².